The molecule has 122 valence electrons. The molecular weight excluding hydrogens is 252 g/mol. The van der Waals surface area contributed by atoms with E-state index in [0.29, 0.717) is 0 Å². The molecule has 8 N–H and O–H groups in total. The number of nitrogens with one attached hydrogen (secondary N) is 4. The van der Waals surface area contributed by atoms with Crippen LogP contribution in [0.25, 0.3) is 0 Å². The van der Waals surface area contributed by atoms with Gasteiger partial charge in [0.1, 0.15) is 0 Å². The maximum atomic E-state index is 5.42. The second kappa shape index (κ2) is 18.8. The zero-order valence-corrected chi connectivity index (χ0v) is 13.1. The molecule has 0 radical (unpaired) electrons. The van der Waals surface area contributed by atoms with Crippen molar-refractivity contribution in [2.75, 3.05) is 65.4 Å². The van der Waals surface area contributed by atoms with Gasteiger partial charge >= 0.3 is 0 Å². The molecule has 0 bridgehead atoms. The minimum Gasteiger partial charge on any atom is -0.330 e. The van der Waals surface area contributed by atoms with Crippen LogP contribution in [-0.4, -0.2) is 65.4 Å². The molecule has 6 heteroatoms. The lowest BCUT2D eigenvalue weighted by Crippen LogP contribution is -2.31. The Morgan fingerprint density at radius 3 is 1.05 bits per heavy atom. The molecule has 0 aromatic carbocycles. The SMILES string of the molecule is NCCCNCCCNCCNCCCNCCCN. The van der Waals surface area contributed by atoms with E-state index < -0.39 is 0 Å². The van der Waals surface area contributed by atoms with Crippen LogP contribution in [0.1, 0.15) is 25.7 Å². The van der Waals surface area contributed by atoms with Gasteiger partial charge in [0.05, 0.1) is 0 Å². The summed E-state index contributed by atoms with van der Waals surface area (Å²) in [6, 6.07) is 0. The van der Waals surface area contributed by atoms with E-state index in [1.807, 2.05) is 0 Å². The van der Waals surface area contributed by atoms with E-state index in [1.165, 1.54) is 12.8 Å². The summed E-state index contributed by atoms with van der Waals surface area (Å²) < 4.78 is 0. The molecular formula is C14H36N6. The number of hydrogen-bond acceptors (Lipinski definition) is 6. The van der Waals surface area contributed by atoms with Crippen LogP contribution < -0.4 is 32.7 Å². The smallest absolute Gasteiger partial charge is 0.00767 e. The molecule has 0 aliphatic heterocycles. The van der Waals surface area contributed by atoms with Gasteiger partial charge < -0.3 is 32.7 Å². The Bertz CT molecular complexity index is 150. The van der Waals surface area contributed by atoms with Crippen molar-refractivity contribution in [2.24, 2.45) is 11.5 Å². The van der Waals surface area contributed by atoms with Crippen molar-refractivity contribution in [2.45, 2.75) is 25.7 Å². The van der Waals surface area contributed by atoms with Gasteiger partial charge in [0.15, 0.2) is 0 Å². The van der Waals surface area contributed by atoms with Crippen LogP contribution in [0.15, 0.2) is 0 Å². The van der Waals surface area contributed by atoms with Gasteiger partial charge in [-0.3, -0.25) is 0 Å². The molecule has 0 aromatic heterocycles. The topological polar surface area (TPSA) is 100 Å². The van der Waals surface area contributed by atoms with Crippen LogP contribution in [0.3, 0.4) is 0 Å². The first kappa shape index (κ1) is 19.8. The average molecular weight is 288 g/mol. The van der Waals surface area contributed by atoms with E-state index >= 15 is 0 Å². The van der Waals surface area contributed by atoms with E-state index in [-0.39, 0.29) is 0 Å². The summed E-state index contributed by atoms with van der Waals surface area (Å²) in [6.45, 7) is 10.0. The van der Waals surface area contributed by atoms with Crippen LogP contribution in [0.2, 0.25) is 0 Å². The molecule has 0 amide bonds. The van der Waals surface area contributed by atoms with E-state index in [1.54, 1.807) is 0 Å². The fourth-order valence-electron chi connectivity index (χ4n) is 1.81. The van der Waals surface area contributed by atoms with Crippen molar-refractivity contribution in [3.05, 3.63) is 0 Å². The Kier molecular flexibility index (Phi) is 18.5. The van der Waals surface area contributed by atoms with Crippen LogP contribution in [-0.2, 0) is 0 Å². The summed E-state index contributed by atoms with van der Waals surface area (Å²) in [4.78, 5) is 0. The van der Waals surface area contributed by atoms with E-state index in [2.05, 4.69) is 21.3 Å². The minimum absolute atomic E-state index is 0.777. The molecule has 0 saturated heterocycles. The van der Waals surface area contributed by atoms with Gasteiger partial charge in [-0.1, -0.05) is 0 Å². The zero-order chi connectivity index (χ0) is 14.7. The molecule has 0 unspecified atom stereocenters. The van der Waals surface area contributed by atoms with E-state index in [0.717, 1.165) is 78.3 Å². The summed E-state index contributed by atoms with van der Waals surface area (Å²) in [6.07, 6.45) is 4.49. The molecule has 0 aliphatic rings. The molecule has 0 atom stereocenters. The van der Waals surface area contributed by atoms with Crippen LogP contribution >= 0.6 is 0 Å². The van der Waals surface area contributed by atoms with E-state index in [9.17, 15) is 0 Å². The molecule has 0 aliphatic carbocycles. The molecule has 20 heavy (non-hydrogen) atoms. The highest BCUT2D eigenvalue weighted by atomic mass is 14.9. The van der Waals surface area contributed by atoms with Crippen molar-refractivity contribution >= 4 is 0 Å². The van der Waals surface area contributed by atoms with Crippen LogP contribution in [0.4, 0.5) is 0 Å². The molecule has 0 rings (SSSR count). The summed E-state index contributed by atoms with van der Waals surface area (Å²) in [5, 5.41) is 13.6. The molecule has 0 spiro atoms. The Morgan fingerprint density at radius 2 is 0.700 bits per heavy atom. The lowest BCUT2D eigenvalue weighted by atomic mass is 10.3. The average Bonchev–Trinajstić information content (AvgIpc) is 2.47. The lowest BCUT2D eigenvalue weighted by Gasteiger charge is -2.08. The number of hydrogen-bond donors (Lipinski definition) is 6. The van der Waals surface area contributed by atoms with Gasteiger partial charge in [0, 0.05) is 13.1 Å². The fourth-order valence-corrected chi connectivity index (χ4v) is 1.81. The molecule has 6 nitrogen and oxygen atoms in total. The van der Waals surface area contributed by atoms with E-state index in [4.69, 9.17) is 11.5 Å². The largest absolute Gasteiger partial charge is 0.330 e. The maximum absolute atomic E-state index is 5.42. The lowest BCUT2D eigenvalue weighted by molar-refractivity contribution is 0.552. The number of nitrogens with two attached hydrogens (primary N) is 2. The predicted molar refractivity (Wildman–Crippen MR) is 88.1 cm³/mol. The normalized spacial score (nSPS) is 11.1. The van der Waals surface area contributed by atoms with Crippen LogP contribution in [0.5, 0.6) is 0 Å². The maximum Gasteiger partial charge on any atom is 0.00767 e. The Hall–Kier alpha value is -0.240. The standard InChI is InChI=1S/C14H36N6/c15-5-1-7-17-9-3-11-19-13-14-20-12-4-10-18-8-2-6-16/h17-20H,1-16H2. The third-order valence-corrected chi connectivity index (χ3v) is 3.01. The molecule has 0 fully saturated rings. The fraction of sp³-hybridized carbons (Fsp3) is 1.00. The first-order chi connectivity index (χ1) is 9.91. The van der Waals surface area contributed by atoms with Gasteiger partial charge in [-0.05, 0) is 78.0 Å². The Labute approximate surface area is 124 Å². The summed E-state index contributed by atoms with van der Waals surface area (Å²) in [5.41, 5.74) is 10.8. The van der Waals surface area contributed by atoms with Gasteiger partial charge in [0.2, 0.25) is 0 Å². The van der Waals surface area contributed by atoms with Crippen molar-refractivity contribution in [3.8, 4) is 0 Å². The monoisotopic (exact) mass is 288 g/mol. The quantitative estimate of drug-likeness (QED) is 0.189. The molecule has 0 saturated carbocycles. The van der Waals surface area contributed by atoms with Gasteiger partial charge in [-0.2, -0.15) is 0 Å². The van der Waals surface area contributed by atoms with Crippen LogP contribution in [0, 0.1) is 0 Å². The Morgan fingerprint density at radius 1 is 0.400 bits per heavy atom. The summed E-state index contributed by atoms with van der Waals surface area (Å²) >= 11 is 0. The van der Waals surface area contributed by atoms with Crippen molar-refractivity contribution in [1.82, 2.24) is 21.3 Å². The van der Waals surface area contributed by atoms with Crippen molar-refractivity contribution in [1.29, 1.82) is 0 Å². The summed E-state index contributed by atoms with van der Waals surface area (Å²) in [5.74, 6) is 0. The highest BCUT2D eigenvalue weighted by molar-refractivity contribution is 4.56. The summed E-state index contributed by atoms with van der Waals surface area (Å²) in [7, 11) is 0. The highest BCUT2D eigenvalue weighted by Gasteiger charge is 1.91. The van der Waals surface area contributed by atoms with Gasteiger partial charge in [0.25, 0.3) is 0 Å². The second-order valence-corrected chi connectivity index (χ2v) is 4.99. The van der Waals surface area contributed by atoms with Gasteiger partial charge in [-0.25, -0.2) is 0 Å². The van der Waals surface area contributed by atoms with Crippen molar-refractivity contribution in [3.63, 3.8) is 0 Å². The second-order valence-electron chi connectivity index (χ2n) is 4.99. The first-order valence-electron chi connectivity index (χ1n) is 8.14. The first-order valence-corrected chi connectivity index (χ1v) is 8.14. The number of rotatable bonds is 17. The third kappa shape index (κ3) is 17.8. The predicted octanol–water partition coefficient (Wildman–Crippen LogP) is -1.18. The molecule has 0 heterocycles. The minimum atomic E-state index is 0.777. The highest BCUT2D eigenvalue weighted by Crippen LogP contribution is 1.77. The molecule has 0 aromatic rings. The zero-order valence-electron chi connectivity index (χ0n) is 13.1. The van der Waals surface area contributed by atoms with Crippen molar-refractivity contribution < 1.29 is 0 Å². The van der Waals surface area contributed by atoms with Gasteiger partial charge in [-0.15, -0.1) is 0 Å². The third-order valence-electron chi connectivity index (χ3n) is 3.01. The Balaban J connectivity index is 2.89.